The van der Waals surface area contributed by atoms with Crippen molar-refractivity contribution in [3.8, 4) is 23.0 Å². The Kier molecular flexibility index (Phi) is 4.98. The molecule has 0 aromatic heterocycles. The van der Waals surface area contributed by atoms with Crippen LogP contribution in [0.15, 0.2) is 34.8 Å². The van der Waals surface area contributed by atoms with Crippen LogP contribution in [0.1, 0.15) is 12.5 Å². The summed E-state index contributed by atoms with van der Waals surface area (Å²) in [6.45, 7) is 3.49. The number of rotatable bonds is 5. The Morgan fingerprint density at radius 2 is 1.74 bits per heavy atom. The summed E-state index contributed by atoms with van der Waals surface area (Å²) >= 11 is 3.50. The number of anilines is 1. The molecule has 0 spiro atoms. The van der Waals surface area contributed by atoms with Gasteiger partial charge in [-0.1, -0.05) is 6.07 Å². The summed E-state index contributed by atoms with van der Waals surface area (Å²) in [6.07, 6.45) is 0. The summed E-state index contributed by atoms with van der Waals surface area (Å²) in [5.41, 5.74) is 1.71. The predicted molar refractivity (Wildman–Crippen MR) is 103 cm³/mol. The van der Waals surface area contributed by atoms with Gasteiger partial charge in [-0.05, 0) is 40.5 Å². The molecule has 0 saturated carbocycles. The monoisotopic (exact) mass is 434 g/mol. The second-order valence-corrected chi connectivity index (χ2v) is 7.10. The minimum atomic E-state index is -0.433. The van der Waals surface area contributed by atoms with E-state index in [2.05, 4.69) is 26.6 Å². The summed E-state index contributed by atoms with van der Waals surface area (Å²) in [5, 5.41) is 6.12. The molecule has 0 saturated heterocycles. The highest BCUT2D eigenvalue weighted by Gasteiger charge is 2.19. The smallest absolute Gasteiger partial charge is 0.242 e. The molecule has 1 amide bonds. The van der Waals surface area contributed by atoms with Gasteiger partial charge < -0.3 is 29.6 Å². The lowest BCUT2D eigenvalue weighted by Gasteiger charge is -2.22. The fourth-order valence-electron chi connectivity index (χ4n) is 2.87. The van der Waals surface area contributed by atoms with Crippen LogP contribution in [0.2, 0.25) is 0 Å². The number of nitrogens with one attached hydrogen (secondary N) is 2. The van der Waals surface area contributed by atoms with Crippen LogP contribution >= 0.6 is 15.9 Å². The molecule has 8 heteroatoms. The molecule has 0 radical (unpaired) electrons. The minimum Gasteiger partial charge on any atom is -0.486 e. The van der Waals surface area contributed by atoms with Crippen LogP contribution in [0.5, 0.6) is 23.0 Å². The maximum Gasteiger partial charge on any atom is 0.242 e. The van der Waals surface area contributed by atoms with E-state index in [9.17, 15) is 4.79 Å². The molecule has 142 valence electrons. The number of benzene rings is 2. The van der Waals surface area contributed by atoms with Crippen LogP contribution in [0.25, 0.3) is 0 Å². The van der Waals surface area contributed by atoms with E-state index in [4.69, 9.17) is 18.9 Å². The molecule has 0 fully saturated rings. The lowest BCUT2D eigenvalue weighted by Crippen LogP contribution is -2.37. The van der Waals surface area contributed by atoms with Crippen LogP contribution in [0, 0.1) is 0 Å². The molecule has 0 unspecified atom stereocenters. The Labute approximate surface area is 165 Å². The molecule has 2 aliphatic rings. The van der Waals surface area contributed by atoms with Gasteiger partial charge in [0.2, 0.25) is 12.7 Å². The maximum atomic E-state index is 12.5. The number of carbonyl (C=O) groups is 1. The first-order valence-corrected chi connectivity index (χ1v) is 9.41. The van der Waals surface area contributed by atoms with E-state index >= 15 is 0 Å². The van der Waals surface area contributed by atoms with E-state index in [1.807, 2.05) is 30.3 Å². The highest BCUT2D eigenvalue weighted by Crippen LogP contribution is 2.38. The van der Waals surface area contributed by atoms with Crippen molar-refractivity contribution in [2.24, 2.45) is 0 Å². The summed E-state index contributed by atoms with van der Waals surface area (Å²) in [4.78, 5) is 12.5. The average Bonchev–Trinajstić information content (AvgIpc) is 3.14. The van der Waals surface area contributed by atoms with Crippen molar-refractivity contribution < 1.29 is 23.7 Å². The van der Waals surface area contributed by atoms with Crippen LogP contribution in [0.4, 0.5) is 5.69 Å². The van der Waals surface area contributed by atoms with Gasteiger partial charge in [-0.3, -0.25) is 4.79 Å². The summed E-state index contributed by atoms with van der Waals surface area (Å²) in [7, 11) is 0. The van der Waals surface area contributed by atoms with Gasteiger partial charge in [-0.25, -0.2) is 0 Å². The second-order valence-electron chi connectivity index (χ2n) is 6.25. The fraction of sp³-hybridized carbons (Fsp3) is 0.316. The Hall–Kier alpha value is -2.61. The zero-order chi connectivity index (χ0) is 18.8. The third-order valence-electron chi connectivity index (χ3n) is 4.30. The van der Waals surface area contributed by atoms with Crippen molar-refractivity contribution in [2.75, 3.05) is 25.3 Å². The first kappa shape index (κ1) is 17.8. The van der Waals surface area contributed by atoms with E-state index < -0.39 is 6.04 Å². The molecular weight excluding hydrogens is 416 g/mol. The summed E-state index contributed by atoms with van der Waals surface area (Å²) in [6, 6.07) is 8.87. The number of hydrogen-bond donors (Lipinski definition) is 2. The van der Waals surface area contributed by atoms with Crippen molar-refractivity contribution in [2.45, 2.75) is 19.5 Å². The number of fused-ring (bicyclic) bond motifs is 2. The molecule has 0 bridgehead atoms. The van der Waals surface area contributed by atoms with E-state index in [1.165, 1.54) is 0 Å². The highest BCUT2D eigenvalue weighted by molar-refractivity contribution is 9.10. The van der Waals surface area contributed by atoms with Gasteiger partial charge in [0, 0.05) is 23.2 Å². The first-order valence-electron chi connectivity index (χ1n) is 8.62. The highest BCUT2D eigenvalue weighted by atomic mass is 79.9. The van der Waals surface area contributed by atoms with Crippen LogP contribution < -0.4 is 29.6 Å². The molecular formula is C19H19BrN2O5. The summed E-state index contributed by atoms with van der Waals surface area (Å²) < 4.78 is 22.6. The quantitative estimate of drug-likeness (QED) is 0.752. The number of amides is 1. The number of halogens is 1. The van der Waals surface area contributed by atoms with Crippen molar-refractivity contribution in [3.63, 3.8) is 0 Å². The van der Waals surface area contributed by atoms with Gasteiger partial charge in [0.05, 0.1) is 5.69 Å². The second kappa shape index (κ2) is 7.56. The third kappa shape index (κ3) is 3.90. The van der Waals surface area contributed by atoms with Gasteiger partial charge in [0.1, 0.15) is 19.3 Å². The summed E-state index contributed by atoms with van der Waals surface area (Å²) in [5.74, 6) is 2.67. The molecule has 2 aliphatic heterocycles. The van der Waals surface area contributed by atoms with Crippen LogP contribution in [-0.4, -0.2) is 32.0 Å². The van der Waals surface area contributed by atoms with Crippen LogP contribution in [-0.2, 0) is 11.3 Å². The Bertz CT molecular complexity index is 873. The standard InChI is InChI=1S/C19H19BrN2O5/c1-11(22-14-8-18-17(7-13(14)20)24-4-5-25-18)19(23)21-9-12-2-3-15-16(6-12)27-10-26-15/h2-3,6-8,11,22H,4-5,9-10H2,1H3,(H,21,23)/t11-/m1/s1. The van der Waals surface area contributed by atoms with Gasteiger partial charge in [0.25, 0.3) is 0 Å². The Balaban J connectivity index is 1.37. The van der Waals surface area contributed by atoms with Crippen molar-refractivity contribution in [1.82, 2.24) is 5.32 Å². The SMILES string of the molecule is C[C@@H](Nc1cc2c(cc1Br)OCCO2)C(=O)NCc1ccc2c(c1)OCO2. The fourth-order valence-corrected chi connectivity index (χ4v) is 3.30. The normalized spacial score (nSPS) is 15.2. The predicted octanol–water partition coefficient (Wildman–Crippen LogP) is 3.07. The van der Waals surface area contributed by atoms with Crippen molar-refractivity contribution in [3.05, 3.63) is 40.4 Å². The number of ether oxygens (including phenoxy) is 4. The lowest BCUT2D eigenvalue weighted by atomic mass is 10.2. The minimum absolute atomic E-state index is 0.116. The average molecular weight is 435 g/mol. The van der Waals surface area contributed by atoms with Gasteiger partial charge in [0.15, 0.2) is 23.0 Å². The maximum absolute atomic E-state index is 12.5. The molecule has 2 aromatic rings. The first-order chi connectivity index (χ1) is 13.1. The largest absolute Gasteiger partial charge is 0.486 e. The Morgan fingerprint density at radius 3 is 2.56 bits per heavy atom. The molecule has 27 heavy (non-hydrogen) atoms. The molecule has 1 atom stereocenters. The molecule has 2 heterocycles. The molecule has 0 aliphatic carbocycles. The zero-order valence-corrected chi connectivity index (χ0v) is 16.3. The van der Waals surface area contributed by atoms with E-state index in [0.717, 1.165) is 21.5 Å². The molecule has 4 rings (SSSR count). The van der Waals surface area contributed by atoms with Crippen molar-refractivity contribution >= 4 is 27.5 Å². The number of hydrogen-bond acceptors (Lipinski definition) is 6. The lowest BCUT2D eigenvalue weighted by molar-refractivity contribution is -0.121. The molecule has 7 nitrogen and oxygen atoms in total. The van der Waals surface area contributed by atoms with Gasteiger partial charge in [-0.2, -0.15) is 0 Å². The third-order valence-corrected chi connectivity index (χ3v) is 4.96. The van der Waals surface area contributed by atoms with E-state index in [0.29, 0.717) is 37.0 Å². The van der Waals surface area contributed by atoms with Crippen molar-refractivity contribution in [1.29, 1.82) is 0 Å². The topological polar surface area (TPSA) is 78.1 Å². The van der Waals surface area contributed by atoms with E-state index in [1.54, 1.807) is 6.92 Å². The van der Waals surface area contributed by atoms with Gasteiger partial charge >= 0.3 is 0 Å². The van der Waals surface area contributed by atoms with E-state index in [-0.39, 0.29) is 12.7 Å². The van der Waals surface area contributed by atoms with Gasteiger partial charge in [-0.15, -0.1) is 0 Å². The molecule has 2 N–H and O–H groups in total. The Morgan fingerprint density at radius 1 is 1.04 bits per heavy atom. The van der Waals surface area contributed by atoms with Crippen LogP contribution in [0.3, 0.4) is 0 Å². The zero-order valence-electron chi connectivity index (χ0n) is 14.7. The molecule has 2 aromatic carbocycles. The number of carbonyl (C=O) groups excluding carboxylic acids is 1.